The summed E-state index contributed by atoms with van der Waals surface area (Å²) < 4.78 is 0. The third kappa shape index (κ3) is 3.66. The second-order valence-corrected chi connectivity index (χ2v) is 4.89. The Kier molecular flexibility index (Phi) is 3.93. The lowest BCUT2D eigenvalue weighted by atomic mass is 10.1. The van der Waals surface area contributed by atoms with Gasteiger partial charge in [0, 0.05) is 6.54 Å². The summed E-state index contributed by atoms with van der Waals surface area (Å²) in [5.41, 5.74) is 0. The predicted octanol–water partition coefficient (Wildman–Crippen LogP) is 1.69. The number of carbonyl (C=O) groups is 1. The lowest BCUT2D eigenvalue weighted by Gasteiger charge is -2.17. The van der Waals surface area contributed by atoms with Gasteiger partial charge in [0.1, 0.15) is 0 Å². The monoisotopic (exact) mass is 199 g/mol. The molecule has 1 rings (SSSR count). The molecule has 0 aromatic rings. The molecule has 14 heavy (non-hydrogen) atoms. The van der Waals surface area contributed by atoms with E-state index in [1.165, 1.54) is 6.42 Å². The smallest absolute Gasteiger partial charge is 0.306 e. The standard InChI is InChI=1S/C11H21NO2/c1-8(2)4-5-12(3)7-9-6-10(9)11(13)14/h8-10H,4-7H2,1-3H3,(H,13,14). The van der Waals surface area contributed by atoms with Crippen molar-refractivity contribution >= 4 is 5.97 Å². The van der Waals surface area contributed by atoms with E-state index in [1.54, 1.807) is 0 Å². The molecule has 0 radical (unpaired) electrons. The van der Waals surface area contributed by atoms with Crippen LogP contribution < -0.4 is 0 Å². The van der Waals surface area contributed by atoms with Crippen LogP contribution in [0.25, 0.3) is 0 Å². The maximum absolute atomic E-state index is 10.6. The summed E-state index contributed by atoms with van der Waals surface area (Å²) in [5.74, 6) is 0.459. The van der Waals surface area contributed by atoms with Crippen LogP contribution in [0.15, 0.2) is 0 Å². The molecule has 3 heteroatoms. The van der Waals surface area contributed by atoms with Gasteiger partial charge in [-0.15, -0.1) is 0 Å². The van der Waals surface area contributed by atoms with Crippen LogP contribution in [-0.4, -0.2) is 36.1 Å². The molecule has 2 atom stereocenters. The molecule has 1 saturated carbocycles. The zero-order chi connectivity index (χ0) is 10.7. The number of rotatable bonds is 6. The Morgan fingerprint density at radius 2 is 2.21 bits per heavy atom. The number of hydrogen-bond acceptors (Lipinski definition) is 2. The summed E-state index contributed by atoms with van der Waals surface area (Å²) >= 11 is 0. The van der Waals surface area contributed by atoms with Gasteiger partial charge < -0.3 is 10.0 Å². The Morgan fingerprint density at radius 1 is 1.57 bits per heavy atom. The van der Waals surface area contributed by atoms with Gasteiger partial charge in [-0.1, -0.05) is 13.8 Å². The molecule has 0 bridgehead atoms. The first-order chi connectivity index (χ1) is 6.50. The lowest BCUT2D eigenvalue weighted by molar-refractivity contribution is -0.138. The summed E-state index contributed by atoms with van der Waals surface area (Å²) in [6, 6.07) is 0. The number of hydrogen-bond donors (Lipinski definition) is 1. The highest BCUT2D eigenvalue weighted by molar-refractivity contribution is 5.73. The Morgan fingerprint density at radius 3 is 2.64 bits per heavy atom. The minimum Gasteiger partial charge on any atom is -0.481 e. The summed E-state index contributed by atoms with van der Waals surface area (Å²) in [4.78, 5) is 12.9. The Bertz CT molecular complexity index is 203. The first-order valence-corrected chi connectivity index (χ1v) is 5.42. The van der Waals surface area contributed by atoms with E-state index in [4.69, 9.17) is 5.11 Å². The van der Waals surface area contributed by atoms with Crippen molar-refractivity contribution in [3.8, 4) is 0 Å². The van der Waals surface area contributed by atoms with Crippen LogP contribution in [0.1, 0.15) is 26.7 Å². The van der Waals surface area contributed by atoms with Gasteiger partial charge in [0.2, 0.25) is 0 Å². The van der Waals surface area contributed by atoms with Crippen molar-refractivity contribution in [1.29, 1.82) is 0 Å². The lowest BCUT2D eigenvalue weighted by Crippen LogP contribution is -2.24. The average molecular weight is 199 g/mol. The Hall–Kier alpha value is -0.570. The van der Waals surface area contributed by atoms with Crippen LogP contribution in [-0.2, 0) is 4.79 Å². The van der Waals surface area contributed by atoms with Crippen molar-refractivity contribution in [2.75, 3.05) is 20.1 Å². The van der Waals surface area contributed by atoms with Crippen molar-refractivity contribution in [1.82, 2.24) is 4.90 Å². The molecule has 0 saturated heterocycles. The molecule has 0 spiro atoms. The minimum absolute atomic E-state index is 0.0588. The Labute approximate surface area is 86.1 Å². The van der Waals surface area contributed by atoms with Crippen LogP contribution in [0.5, 0.6) is 0 Å². The summed E-state index contributed by atoms with van der Waals surface area (Å²) in [5, 5.41) is 8.74. The highest BCUT2D eigenvalue weighted by Crippen LogP contribution is 2.38. The molecule has 1 aliphatic rings. The van der Waals surface area contributed by atoms with Gasteiger partial charge in [0.25, 0.3) is 0 Å². The molecule has 1 N–H and O–H groups in total. The molecular weight excluding hydrogens is 178 g/mol. The van der Waals surface area contributed by atoms with Crippen molar-refractivity contribution in [3.63, 3.8) is 0 Å². The SMILES string of the molecule is CC(C)CCN(C)CC1CC1C(=O)O. The Balaban J connectivity index is 2.10. The van der Waals surface area contributed by atoms with Gasteiger partial charge >= 0.3 is 5.97 Å². The normalized spacial score (nSPS) is 25.8. The van der Waals surface area contributed by atoms with E-state index in [2.05, 4.69) is 25.8 Å². The minimum atomic E-state index is -0.618. The van der Waals surface area contributed by atoms with Crippen LogP contribution in [0.4, 0.5) is 0 Å². The van der Waals surface area contributed by atoms with E-state index in [0.717, 1.165) is 25.4 Å². The number of aliphatic carboxylic acids is 1. The van der Waals surface area contributed by atoms with E-state index in [0.29, 0.717) is 5.92 Å². The second kappa shape index (κ2) is 4.78. The molecule has 0 heterocycles. The van der Waals surface area contributed by atoms with Crippen LogP contribution >= 0.6 is 0 Å². The zero-order valence-electron chi connectivity index (χ0n) is 9.36. The maximum Gasteiger partial charge on any atom is 0.306 e. The van der Waals surface area contributed by atoms with Crippen LogP contribution in [0, 0.1) is 17.8 Å². The first kappa shape index (κ1) is 11.5. The quantitative estimate of drug-likeness (QED) is 0.707. The fraction of sp³-hybridized carbons (Fsp3) is 0.909. The van der Waals surface area contributed by atoms with E-state index >= 15 is 0 Å². The van der Waals surface area contributed by atoms with Crippen LogP contribution in [0.3, 0.4) is 0 Å². The van der Waals surface area contributed by atoms with Crippen molar-refractivity contribution in [2.24, 2.45) is 17.8 Å². The molecule has 1 fully saturated rings. The summed E-state index contributed by atoms with van der Waals surface area (Å²) in [7, 11) is 2.08. The molecule has 0 aliphatic heterocycles. The molecule has 82 valence electrons. The molecule has 0 aromatic heterocycles. The molecule has 0 amide bonds. The van der Waals surface area contributed by atoms with Crippen molar-refractivity contribution in [2.45, 2.75) is 26.7 Å². The van der Waals surface area contributed by atoms with E-state index in [1.807, 2.05) is 0 Å². The highest BCUT2D eigenvalue weighted by atomic mass is 16.4. The number of carboxylic acids is 1. The molecule has 2 unspecified atom stereocenters. The van der Waals surface area contributed by atoms with E-state index in [-0.39, 0.29) is 5.92 Å². The molecule has 0 aromatic carbocycles. The molecular formula is C11H21NO2. The maximum atomic E-state index is 10.6. The fourth-order valence-corrected chi connectivity index (χ4v) is 1.72. The summed E-state index contributed by atoms with van der Waals surface area (Å²) in [6.07, 6.45) is 2.07. The topological polar surface area (TPSA) is 40.5 Å². The summed E-state index contributed by atoms with van der Waals surface area (Å²) in [6.45, 7) is 6.46. The van der Waals surface area contributed by atoms with Gasteiger partial charge in [0.05, 0.1) is 5.92 Å². The van der Waals surface area contributed by atoms with Gasteiger partial charge in [-0.3, -0.25) is 4.79 Å². The average Bonchev–Trinajstić information content (AvgIpc) is 2.80. The molecule has 1 aliphatic carbocycles. The van der Waals surface area contributed by atoms with Gasteiger partial charge in [-0.25, -0.2) is 0 Å². The predicted molar refractivity (Wildman–Crippen MR) is 56.2 cm³/mol. The van der Waals surface area contributed by atoms with Crippen LogP contribution in [0.2, 0.25) is 0 Å². The highest BCUT2D eigenvalue weighted by Gasteiger charge is 2.43. The first-order valence-electron chi connectivity index (χ1n) is 5.42. The van der Waals surface area contributed by atoms with Crippen molar-refractivity contribution < 1.29 is 9.90 Å². The fourth-order valence-electron chi connectivity index (χ4n) is 1.72. The number of carboxylic acid groups (broad SMARTS) is 1. The third-order valence-corrected chi connectivity index (χ3v) is 2.87. The van der Waals surface area contributed by atoms with Gasteiger partial charge in [-0.2, -0.15) is 0 Å². The van der Waals surface area contributed by atoms with Gasteiger partial charge in [0.15, 0.2) is 0 Å². The van der Waals surface area contributed by atoms with Gasteiger partial charge in [-0.05, 0) is 38.3 Å². The van der Waals surface area contributed by atoms with E-state index in [9.17, 15) is 4.79 Å². The second-order valence-electron chi connectivity index (χ2n) is 4.89. The number of nitrogens with zero attached hydrogens (tertiary/aromatic N) is 1. The van der Waals surface area contributed by atoms with E-state index < -0.39 is 5.97 Å². The largest absolute Gasteiger partial charge is 0.481 e. The zero-order valence-corrected chi connectivity index (χ0v) is 9.36. The third-order valence-electron chi connectivity index (χ3n) is 2.87. The molecule has 3 nitrogen and oxygen atoms in total. The van der Waals surface area contributed by atoms with Crippen molar-refractivity contribution in [3.05, 3.63) is 0 Å².